The molecule has 4 aromatic carbocycles. The van der Waals surface area contributed by atoms with Crippen LogP contribution in [-0.2, 0) is 25.8 Å². The Hall–Kier alpha value is -0.610. The summed E-state index contributed by atoms with van der Waals surface area (Å²) in [5.41, 5.74) is 4.07. The number of benzene rings is 2. The van der Waals surface area contributed by atoms with Crippen LogP contribution < -0.4 is 10.6 Å². The van der Waals surface area contributed by atoms with Crippen LogP contribution >= 0.6 is 15.8 Å². The molecule has 0 spiro atoms. The number of hydrogen-bond acceptors (Lipinski definition) is 0. The predicted octanol–water partition coefficient (Wildman–Crippen LogP) is 12.7. The van der Waals surface area contributed by atoms with E-state index in [0.717, 1.165) is 22.6 Å². The van der Waals surface area contributed by atoms with Crippen molar-refractivity contribution in [3.8, 4) is 0 Å². The Balaban J connectivity index is 0.000000155. The molecular formula is C42H56HfP2+2. The molecule has 0 radical (unpaired) electrons. The van der Waals surface area contributed by atoms with Crippen LogP contribution in [0.4, 0.5) is 0 Å². The van der Waals surface area contributed by atoms with Gasteiger partial charge in [0.25, 0.3) is 0 Å². The molecule has 0 heterocycles. The zero-order valence-electron chi connectivity index (χ0n) is 27.8. The Bertz CT molecular complexity index is 1210. The van der Waals surface area contributed by atoms with Crippen molar-refractivity contribution in [2.75, 3.05) is 0 Å². The van der Waals surface area contributed by atoms with Crippen molar-refractivity contribution in [3.05, 3.63) is 72.8 Å². The molecule has 4 saturated carbocycles. The van der Waals surface area contributed by atoms with Crippen molar-refractivity contribution < 1.29 is 25.8 Å². The Morgan fingerprint density at radius 2 is 0.689 bits per heavy atom. The zero-order chi connectivity index (χ0) is 29.6. The van der Waals surface area contributed by atoms with Gasteiger partial charge < -0.3 is 0 Å². The molecular weight excluding hydrogens is 745 g/mol. The molecule has 3 heteroatoms. The van der Waals surface area contributed by atoms with Gasteiger partial charge in [0.1, 0.15) is 0 Å². The third-order valence-corrected chi connectivity index (χ3v) is 18.6. The summed E-state index contributed by atoms with van der Waals surface area (Å²) in [5, 5.41) is 9.34. The minimum Gasteiger partial charge on any atom is -0.161 e. The molecule has 0 saturated heterocycles. The van der Waals surface area contributed by atoms with Crippen molar-refractivity contribution in [2.45, 2.75) is 151 Å². The molecule has 45 heavy (non-hydrogen) atoms. The van der Waals surface area contributed by atoms with Crippen molar-refractivity contribution in [2.24, 2.45) is 0 Å². The molecule has 0 nitrogen and oxygen atoms in total. The van der Waals surface area contributed by atoms with Crippen LogP contribution in [-0.4, -0.2) is 22.6 Å². The van der Waals surface area contributed by atoms with Crippen LogP contribution in [0.2, 0.25) is 0 Å². The van der Waals surface area contributed by atoms with E-state index in [1.54, 1.807) is 10.6 Å². The molecule has 4 aliphatic rings. The topological polar surface area (TPSA) is 0 Å². The van der Waals surface area contributed by atoms with E-state index >= 15 is 0 Å². The summed E-state index contributed by atoms with van der Waals surface area (Å²) >= 11 is 0. The molecule has 4 aromatic rings. The first-order valence-corrected chi connectivity index (χ1v) is 21.7. The minimum absolute atomic E-state index is 0. The fourth-order valence-electron chi connectivity index (χ4n) is 9.44. The second-order valence-electron chi connectivity index (χ2n) is 14.7. The fraction of sp³-hybridized carbons (Fsp3) is 0.571. The molecule has 0 N–H and O–H groups in total. The van der Waals surface area contributed by atoms with Crippen LogP contribution in [0.25, 0.3) is 21.5 Å². The smallest absolute Gasteiger partial charge is 0.161 e. The van der Waals surface area contributed by atoms with Crippen LogP contribution in [0, 0.1) is 0 Å². The van der Waals surface area contributed by atoms with Crippen molar-refractivity contribution >= 4 is 48.0 Å². The van der Waals surface area contributed by atoms with Gasteiger partial charge in [-0.2, -0.15) is 12.1 Å². The number of fused-ring (bicyclic) bond motifs is 2. The molecule has 4 fully saturated rings. The van der Waals surface area contributed by atoms with Crippen LogP contribution in [0.15, 0.2) is 72.8 Å². The molecule has 236 valence electrons. The van der Waals surface area contributed by atoms with E-state index in [1.807, 2.05) is 0 Å². The van der Waals surface area contributed by atoms with Gasteiger partial charge in [-0.05, 0) is 74.0 Å². The van der Waals surface area contributed by atoms with Gasteiger partial charge in [0.15, 0.2) is 0 Å². The maximum absolute atomic E-state index is 2.55. The standard InChI is InChI=1S/2C21H28P.Hf/c2*1-3-11-19(12-4-1)22(20-13-5-2-6-14-20)21-15-17-9-7-8-10-18(17)16-21;/h2*7-10,15-16,19-20H,1-6,11-14H2;/q2*-1;+4. The Morgan fingerprint density at radius 1 is 0.400 bits per heavy atom. The molecule has 0 atom stereocenters. The third kappa shape index (κ3) is 8.52. The number of hydrogen-bond donors (Lipinski definition) is 0. The summed E-state index contributed by atoms with van der Waals surface area (Å²) in [6.07, 6.45) is 29.8. The fourth-order valence-corrected chi connectivity index (χ4v) is 17.2. The summed E-state index contributed by atoms with van der Waals surface area (Å²) in [6, 6.07) is 28.1. The van der Waals surface area contributed by atoms with Gasteiger partial charge in [-0.3, -0.25) is 0 Å². The quantitative estimate of drug-likeness (QED) is 0.104. The monoisotopic (exact) mass is 802 g/mol. The summed E-state index contributed by atoms with van der Waals surface area (Å²) < 4.78 is 0. The second-order valence-corrected chi connectivity index (χ2v) is 20.2. The maximum Gasteiger partial charge on any atom is 4.00 e. The number of rotatable bonds is 6. The van der Waals surface area contributed by atoms with E-state index in [9.17, 15) is 0 Å². The zero-order valence-corrected chi connectivity index (χ0v) is 33.2. The Labute approximate surface area is 295 Å². The van der Waals surface area contributed by atoms with Gasteiger partial charge in [0.05, 0.1) is 0 Å². The van der Waals surface area contributed by atoms with Crippen LogP contribution in [0.5, 0.6) is 0 Å². The predicted molar refractivity (Wildman–Crippen MR) is 200 cm³/mol. The SMILES string of the molecule is [Hf+4].c1ccc2[cH-]c(P(C3CCCCC3)C3CCCCC3)cc2c1.c1ccc2[cH-]c(P(C3CCCCC3)C3CCCCC3)cc2c1. The first-order chi connectivity index (χ1) is 21.8. The van der Waals surface area contributed by atoms with E-state index in [-0.39, 0.29) is 41.7 Å². The second kappa shape index (κ2) is 17.2. The maximum atomic E-state index is 2.55. The molecule has 0 aromatic heterocycles. The average Bonchev–Trinajstić information content (AvgIpc) is 3.72. The molecule has 0 aliphatic heterocycles. The van der Waals surface area contributed by atoms with E-state index in [2.05, 4.69) is 72.8 Å². The first-order valence-electron chi connectivity index (χ1n) is 18.7. The summed E-state index contributed by atoms with van der Waals surface area (Å²) in [6.45, 7) is 0. The molecule has 0 bridgehead atoms. The van der Waals surface area contributed by atoms with Gasteiger partial charge in [-0.1, -0.05) is 105 Å². The normalized spacial score (nSPS) is 21.2. The van der Waals surface area contributed by atoms with E-state index in [4.69, 9.17) is 0 Å². The van der Waals surface area contributed by atoms with E-state index in [1.165, 1.54) is 150 Å². The Kier molecular flexibility index (Phi) is 13.1. The van der Waals surface area contributed by atoms with Crippen molar-refractivity contribution in [3.63, 3.8) is 0 Å². The minimum atomic E-state index is 0. The van der Waals surface area contributed by atoms with Crippen LogP contribution in [0.1, 0.15) is 128 Å². The Morgan fingerprint density at radius 3 is 0.978 bits per heavy atom. The first kappa shape index (κ1) is 34.3. The van der Waals surface area contributed by atoms with Gasteiger partial charge in [0, 0.05) is 0 Å². The third-order valence-electron chi connectivity index (χ3n) is 11.7. The molecule has 0 unspecified atom stereocenters. The summed E-state index contributed by atoms with van der Waals surface area (Å²) in [4.78, 5) is 0. The van der Waals surface area contributed by atoms with E-state index in [0.29, 0.717) is 0 Å². The van der Waals surface area contributed by atoms with Gasteiger partial charge in [-0.25, -0.2) is 0 Å². The average molecular weight is 801 g/mol. The molecule has 0 amide bonds. The summed E-state index contributed by atoms with van der Waals surface area (Å²) in [7, 11) is 0.122. The van der Waals surface area contributed by atoms with Gasteiger partial charge >= 0.3 is 25.8 Å². The van der Waals surface area contributed by atoms with Gasteiger partial charge in [-0.15, -0.1) is 80.7 Å². The molecule has 8 rings (SSSR count). The van der Waals surface area contributed by atoms with Crippen LogP contribution in [0.3, 0.4) is 0 Å². The largest absolute Gasteiger partial charge is 4.00 e. The van der Waals surface area contributed by atoms with Crippen molar-refractivity contribution in [1.82, 2.24) is 0 Å². The molecule has 4 aliphatic carbocycles. The van der Waals surface area contributed by atoms with Crippen molar-refractivity contribution in [1.29, 1.82) is 0 Å². The van der Waals surface area contributed by atoms with Gasteiger partial charge in [0.2, 0.25) is 0 Å². The van der Waals surface area contributed by atoms with E-state index < -0.39 is 0 Å². The summed E-state index contributed by atoms with van der Waals surface area (Å²) in [5.74, 6) is 0.